The van der Waals surface area contributed by atoms with E-state index in [-0.39, 0.29) is 10.5 Å². The van der Waals surface area contributed by atoms with Crippen molar-refractivity contribution in [1.82, 2.24) is 14.1 Å². The lowest BCUT2D eigenvalue weighted by atomic mass is 10.2. The number of sulfonamides is 1. The number of carbonyl (C=O) groups is 1. The lowest BCUT2D eigenvalue weighted by Gasteiger charge is -2.26. The molecule has 1 aliphatic heterocycles. The molecule has 2 aromatic carbocycles. The molecule has 0 aliphatic carbocycles. The average molecular weight is 461 g/mol. The number of benzene rings is 2. The number of aromatic nitrogens is 2. The number of morpholine rings is 1. The maximum Gasteiger partial charge on any atom is 0.256 e. The summed E-state index contributed by atoms with van der Waals surface area (Å²) in [5.41, 5.74) is 1.18. The zero-order valence-electron chi connectivity index (χ0n) is 16.6. The van der Waals surface area contributed by atoms with Crippen LogP contribution in [-0.4, -0.2) is 54.7 Å². The summed E-state index contributed by atoms with van der Waals surface area (Å²) in [6.07, 6.45) is 1.58. The highest BCUT2D eigenvalue weighted by molar-refractivity contribution is 7.89. The van der Waals surface area contributed by atoms with Crippen molar-refractivity contribution < 1.29 is 17.9 Å². The number of halogens is 1. The van der Waals surface area contributed by atoms with Gasteiger partial charge in [0.1, 0.15) is 5.82 Å². The zero-order valence-corrected chi connectivity index (χ0v) is 18.1. The third-order valence-corrected chi connectivity index (χ3v) is 7.01. The van der Waals surface area contributed by atoms with Crippen LogP contribution >= 0.6 is 11.6 Å². The molecule has 4 rings (SSSR count). The van der Waals surface area contributed by atoms with Crippen LogP contribution in [0.15, 0.2) is 65.7 Å². The predicted octanol–water partition coefficient (Wildman–Crippen LogP) is 2.86. The van der Waals surface area contributed by atoms with E-state index >= 15 is 0 Å². The Labute approximate surface area is 185 Å². The first-order valence-electron chi connectivity index (χ1n) is 9.69. The number of hydrogen-bond donors (Lipinski definition) is 1. The predicted molar refractivity (Wildman–Crippen MR) is 117 cm³/mol. The molecular weight excluding hydrogens is 440 g/mol. The fourth-order valence-electron chi connectivity index (χ4n) is 3.30. The van der Waals surface area contributed by atoms with Crippen LogP contribution in [0.3, 0.4) is 0 Å². The van der Waals surface area contributed by atoms with Crippen LogP contribution in [0.1, 0.15) is 15.9 Å². The van der Waals surface area contributed by atoms with Crippen LogP contribution < -0.4 is 5.32 Å². The molecule has 1 N–H and O–H groups in total. The van der Waals surface area contributed by atoms with Gasteiger partial charge in [0.05, 0.1) is 30.9 Å². The second kappa shape index (κ2) is 9.19. The van der Waals surface area contributed by atoms with Crippen LogP contribution in [0.25, 0.3) is 0 Å². The molecule has 8 nitrogen and oxygen atoms in total. The number of ether oxygens (including phenoxy) is 1. The number of carbonyl (C=O) groups excluding carboxylic acids is 1. The molecule has 0 spiro atoms. The van der Waals surface area contributed by atoms with Gasteiger partial charge in [-0.1, -0.05) is 29.8 Å². The lowest BCUT2D eigenvalue weighted by molar-refractivity contribution is 0.0730. The SMILES string of the molecule is O=C(Nc1ccnn1Cc1cccc(Cl)c1)c1cccc(S(=O)(=O)N2CCOCC2)c1. The van der Waals surface area contributed by atoms with Crippen molar-refractivity contribution in [2.75, 3.05) is 31.6 Å². The third kappa shape index (κ3) is 4.96. The minimum Gasteiger partial charge on any atom is -0.379 e. The van der Waals surface area contributed by atoms with E-state index in [2.05, 4.69) is 10.4 Å². The number of nitrogens with zero attached hydrogens (tertiary/aromatic N) is 3. The van der Waals surface area contributed by atoms with Gasteiger partial charge in [-0.05, 0) is 35.9 Å². The first-order chi connectivity index (χ1) is 14.9. The van der Waals surface area contributed by atoms with E-state index in [9.17, 15) is 13.2 Å². The van der Waals surface area contributed by atoms with Gasteiger partial charge in [0.15, 0.2) is 0 Å². The number of anilines is 1. The molecule has 0 atom stereocenters. The summed E-state index contributed by atoms with van der Waals surface area (Å²) in [7, 11) is -3.69. The Bertz CT molecular complexity index is 1190. The molecule has 3 aromatic rings. The quantitative estimate of drug-likeness (QED) is 0.610. The van der Waals surface area contributed by atoms with Crippen molar-refractivity contribution in [3.05, 3.63) is 76.9 Å². The van der Waals surface area contributed by atoms with Crippen molar-refractivity contribution >= 4 is 33.3 Å². The normalized spacial score (nSPS) is 15.0. The highest BCUT2D eigenvalue weighted by atomic mass is 35.5. The molecule has 1 saturated heterocycles. The summed E-state index contributed by atoms with van der Waals surface area (Å²) in [4.78, 5) is 12.9. The molecule has 0 saturated carbocycles. The van der Waals surface area contributed by atoms with Crippen LogP contribution in [0.5, 0.6) is 0 Å². The molecule has 162 valence electrons. The summed E-state index contributed by atoms with van der Waals surface area (Å²) in [5.74, 6) is 0.0679. The lowest BCUT2D eigenvalue weighted by Crippen LogP contribution is -2.40. The van der Waals surface area contributed by atoms with Gasteiger partial charge in [-0.2, -0.15) is 9.40 Å². The third-order valence-electron chi connectivity index (χ3n) is 4.88. The van der Waals surface area contributed by atoms with Crippen molar-refractivity contribution in [3.8, 4) is 0 Å². The molecule has 10 heteroatoms. The molecule has 1 aromatic heterocycles. The van der Waals surface area contributed by atoms with Crippen LogP contribution in [-0.2, 0) is 21.3 Å². The van der Waals surface area contributed by atoms with E-state index in [1.165, 1.54) is 16.4 Å². The molecule has 0 radical (unpaired) electrons. The Morgan fingerprint density at radius 1 is 1.10 bits per heavy atom. The first kappa shape index (κ1) is 21.5. The Morgan fingerprint density at radius 3 is 2.65 bits per heavy atom. The number of nitrogens with one attached hydrogen (secondary N) is 1. The Kier molecular flexibility index (Phi) is 6.38. The van der Waals surface area contributed by atoms with Crippen molar-refractivity contribution in [2.45, 2.75) is 11.4 Å². The summed E-state index contributed by atoms with van der Waals surface area (Å²) in [6, 6.07) is 15.1. The smallest absolute Gasteiger partial charge is 0.256 e. The maximum absolute atomic E-state index is 12.9. The van der Waals surface area contributed by atoms with Crippen LogP contribution in [0.2, 0.25) is 5.02 Å². The monoisotopic (exact) mass is 460 g/mol. The first-order valence-corrected chi connectivity index (χ1v) is 11.5. The number of rotatable bonds is 6. The Balaban J connectivity index is 1.51. The zero-order chi connectivity index (χ0) is 21.8. The molecule has 0 unspecified atom stereocenters. The Morgan fingerprint density at radius 2 is 1.87 bits per heavy atom. The second-order valence-corrected chi connectivity index (χ2v) is 9.38. The van der Waals surface area contributed by atoms with Crippen LogP contribution in [0, 0.1) is 0 Å². The van der Waals surface area contributed by atoms with Gasteiger partial charge < -0.3 is 10.1 Å². The van der Waals surface area contributed by atoms with Crippen molar-refractivity contribution in [3.63, 3.8) is 0 Å². The minimum atomic E-state index is -3.69. The van der Waals surface area contributed by atoms with Crippen LogP contribution in [0.4, 0.5) is 5.82 Å². The summed E-state index contributed by atoms with van der Waals surface area (Å²) < 4.78 is 34.0. The van der Waals surface area contributed by atoms with Crippen molar-refractivity contribution in [1.29, 1.82) is 0 Å². The van der Waals surface area contributed by atoms with Gasteiger partial charge in [-0.15, -0.1) is 0 Å². The summed E-state index contributed by atoms with van der Waals surface area (Å²) >= 11 is 6.04. The van der Waals surface area contributed by atoms with E-state index in [0.29, 0.717) is 43.7 Å². The molecule has 0 bridgehead atoms. The molecular formula is C21H21ClN4O4S. The van der Waals surface area contributed by atoms with E-state index < -0.39 is 15.9 Å². The number of amides is 1. The molecule has 1 amide bonds. The number of hydrogen-bond acceptors (Lipinski definition) is 5. The molecule has 1 aliphatic rings. The highest BCUT2D eigenvalue weighted by Gasteiger charge is 2.27. The van der Waals surface area contributed by atoms with Gasteiger partial charge in [0.2, 0.25) is 10.0 Å². The largest absolute Gasteiger partial charge is 0.379 e. The van der Waals surface area contributed by atoms with Crippen molar-refractivity contribution in [2.24, 2.45) is 0 Å². The summed E-state index contributed by atoms with van der Waals surface area (Å²) in [6.45, 7) is 1.73. The van der Waals surface area contributed by atoms with E-state index in [0.717, 1.165) is 5.56 Å². The fraction of sp³-hybridized carbons (Fsp3) is 0.238. The van der Waals surface area contributed by atoms with E-state index in [4.69, 9.17) is 16.3 Å². The van der Waals surface area contributed by atoms with Gasteiger partial charge >= 0.3 is 0 Å². The Hall–Kier alpha value is -2.72. The second-order valence-electron chi connectivity index (χ2n) is 7.00. The highest BCUT2D eigenvalue weighted by Crippen LogP contribution is 2.20. The van der Waals surface area contributed by atoms with Gasteiger partial charge in [0, 0.05) is 29.7 Å². The van der Waals surface area contributed by atoms with Gasteiger partial charge in [-0.25, -0.2) is 13.1 Å². The fourth-order valence-corrected chi connectivity index (χ4v) is 4.96. The van der Waals surface area contributed by atoms with E-state index in [1.807, 2.05) is 18.2 Å². The van der Waals surface area contributed by atoms with Gasteiger partial charge in [0.25, 0.3) is 5.91 Å². The molecule has 2 heterocycles. The maximum atomic E-state index is 12.9. The minimum absolute atomic E-state index is 0.0782. The molecule has 1 fully saturated rings. The standard InChI is InChI=1S/C21H21ClN4O4S/c22-18-5-1-3-16(13-18)15-26-20(7-8-23-26)24-21(27)17-4-2-6-19(14-17)31(28,29)25-9-11-30-12-10-25/h1-8,13-14H,9-12,15H2,(H,24,27). The molecule has 31 heavy (non-hydrogen) atoms. The van der Waals surface area contributed by atoms with Gasteiger partial charge in [-0.3, -0.25) is 4.79 Å². The topological polar surface area (TPSA) is 93.5 Å². The van der Waals surface area contributed by atoms with E-state index in [1.54, 1.807) is 35.1 Å². The summed E-state index contributed by atoms with van der Waals surface area (Å²) in [5, 5.41) is 7.67. The average Bonchev–Trinajstić information content (AvgIpc) is 3.21.